The zero-order valence-electron chi connectivity index (χ0n) is 16.0. The molecule has 150 valence electrons. The first-order chi connectivity index (χ1) is 13.6. The molecule has 1 aromatic heterocycles. The van der Waals surface area contributed by atoms with Crippen molar-refractivity contribution in [3.63, 3.8) is 0 Å². The maximum absolute atomic E-state index is 13.0. The Kier molecular flexibility index (Phi) is 5.63. The van der Waals surface area contributed by atoms with Crippen molar-refractivity contribution in [2.45, 2.75) is 25.4 Å². The minimum Gasteiger partial charge on any atom is -0.379 e. The fourth-order valence-corrected chi connectivity index (χ4v) is 3.84. The minimum absolute atomic E-state index is 0.172. The van der Waals surface area contributed by atoms with Gasteiger partial charge in [0, 0.05) is 37.5 Å². The van der Waals surface area contributed by atoms with E-state index < -0.39 is 0 Å². The highest BCUT2D eigenvalue weighted by molar-refractivity contribution is 5.76. The van der Waals surface area contributed by atoms with E-state index in [1.165, 1.54) is 16.9 Å². The summed E-state index contributed by atoms with van der Waals surface area (Å²) in [6.07, 6.45) is 1.10. The van der Waals surface area contributed by atoms with E-state index in [1.54, 1.807) is 12.1 Å². The van der Waals surface area contributed by atoms with Crippen LogP contribution in [0.15, 0.2) is 24.3 Å². The minimum atomic E-state index is -0.301. The van der Waals surface area contributed by atoms with Gasteiger partial charge in [-0.1, -0.05) is 0 Å². The Labute approximate surface area is 163 Å². The number of nitrogens with zero attached hydrogens (tertiary/aromatic N) is 6. The predicted molar refractivity (Wildman–Crippen MR) is 99.8 cm³/mol. The third-order valence-electron chi connectivity index (χ3n) is 5.40. The maximum Gasteiger partial charge on any atom is 0.222 e. The summed E-state index contributed by atoms with van der Waals surface area (Å²) in [4.78, 5) is 18.5. The van der Waals surface area contributed by atoms with Crippen molar-refractivity contribution in [3.05, 3.63) is 30.1 Å². The third kappa shape index (κ3) is 4.36. The second-order valence-corrected chi connectivity index (χ2v) is 7.61. The highest BCUT2D eigenvalue weighted by atomic mass is 19.1. The van der Waals surface area contributed by atoms with Crippen molar-refractivity contribution in [2.24, 2.45) is 5.92 Å². The molecule has 0 saturated carbocycles. The van der Waals surface area contributed by atoms with Crippen LogP contribution in [0, 0.1) is 11.7 Å². The van der Waals surface area contributed by atoms with Gasteiger partial charge < -0.3 is 9.64 Å². The van der Waals surface area contributed by atoms with Gasteiger partial charge in [0.1, 0.15) is 5.82 Å². The number of ether oxygens (including phenoxy) is 1. The summed E-state index contributed by atoms with van der Waals surface area (Å²) in [7, 11) is 2.11. The molecule has 8 nitrogen and oxygen atoms in total. The molecular weight excluding hydrogens is 363 g/mol. The Balaban J connectivity index is 1.29. The number of amides is 1. The van der Waals surface area contributed by atoms with Gasteiger partial charge in [-0.2, -0.15) is 4.80 Å². The zero-order valence-corrected chi connectivity index (χ0v) is 16.0. The fraction of sp³-hybridized carbons (Fsp3) is 0.579. The summed E-state index contributed by atoms with van der Waals surface area (Å²) < 4.78 is 18.7. The lowest BCUT2D eigenvalue weighted by Crippen LogP contribution is -2.44. The molecule has 0 spiro atoms. The molecule has 2 bridgehead atoms. The number of likely N-dealkylation sites (N-methyl/N-ethyl adjacent to an activating group) is 1. The van der Waals surface area contributed by atoms with Crippen molar-refractivity contribution in [1.82, 2.24) is 30.0 Å². The van der Waals surface area contributed by atoms with Gasteiger partial charge in [0.15, 0.2) is 0 Å². The molecule has 4 rings (SSSR count). The summed E-state index contributed by atoms with van der Waals surface area (Å²) in [5.41, 5.74) is 0.714. The number of halogens is 1. The molecule has 2 saturated heterocycles. The van der Waals surface area contributed by atoms with E-state index in [0.29, 0.717) is 43.3 Å². The van der Waals surface area contributed by atoms with E-state index in [0.717, 1.165) is 26.2 Å². The number of carbonyl (C=O) groups excluding carboxylic acids is 1. The Hall–Kier alpha value is -2.39. The molecule has 2 aliphatic heterocycles. The molecule has 2 aromatic rings. The number of aryl methyl sites for hydroxylation is 1. The monoisotopic (exact) mass is 388 g/mol. The summed E-state index contributed by atoms with van der Waals surface area (Å²) in [6, 6.07) is 6.25. The second kappa shape index (κ2) is 8.32. The number of rotatable bonds is 5. The van der Waals surface area contributed by atoms with E-state index >= 15 is 0 Å². The van der Waals surface area contributed by atoms with E-state index in [-0.39, 0.29) is 17.8 Å². The van der Waals surface area contributed by atoms with Gasteiger partial charge in [-0.15, -0.1) is 10.2 Å². The summed E-state index contributed by atoms with van der Waals surface area (Å²) in [5.74, 6) is 0.697. The summed E-state index contributed by atoms with van der Waals surface area (Å²) in [5, 5.41) is 12.4. The van der Waals surface area contributed by atoms with E-state index in [2.05, 4.69) is 27.4 Å². The highest BCUT2D eigenvalue weighted by Gasteiger charge is 2.32. The van der Waals surface area contributed by atoms with Crippen molar-refractivity contribution >= 4 is 5.91 Å². The van der Waals surface area contributed by atoms with Crippen LogP contribution in [-0.2, 0) is 16.1 Å². The molecule has 28 heavy (non-hydrogen) atoms. The largest absolute Gasteiger partial charge is 0.379 e. The molecule has 0 unspecified atom stereocenters. The van der Waals surface area contributed by atoms with Crippen molar-refractivity contribution in [2.75, 3.05) is 39.9 Å². The van der Waals surface area contributed by atoms with Gasteiger partial charge in [0.05, 0.1) is 25.8 Å². The lowest BCUT2D eigenvalue weighted by Gasteiger charge is -2.29. The molecular formula is C19H25FN6O2. The van der Waals surface area contributed by atoms with Crippen LogP contribution in [0.2, 0.25) is 0 Å². The Morgan fingerprint density at radius 2 is 2.04 bits per heavy atom. The molecule has 3 heterocycles. The van der Waals surface area contributed by atoms with Crippen LogP contribution in [0.1, 0.15) is 12.8 Å². The normalized spacial score (nSPS) is 22.9. The standard InChI is InChI=1S/C19H25FN6O2/c1-24-9-14-10-25(11-17(24)13-28-12-14)18(27)3-2-8-26-22-19(21-23-26)15-4-6-16(20)7-5-15/h4-7,14,17H,2-3,8-13H2,1H3/t14-,17+/m1/s1. The van der Waals surface area contributed by atoms with Crippen molar-refractivity contribution in [3.8, 4) is 11.4 Å². The summed E-state index contributed by atoms with van der Waals surface area (Å²) >= 11 is 0. The topological polar surface area (TPSA) is 76.4 Å². The average molecular weight is 388 g/mol. The van der Waals surface area contributed by atoms with Crippen molar-refractivity contribution in [1.29, 1.82) is 0 Å². The molecule has 2 atom stereocenters. The quantitative estimate of drug-likeness (QED) is 0.762. The number of carbonyl (C=O) groups is 1. The maximum atomic E-state index is 13.0. The van der Waals surface area contributed by atoms with Crippen LogP contribution in [0.25, 0.3) is 11.4 Å². The Bertz CT molecular complexity index is 811. The SMILES string of the molecule is CN1C[C@H]2COC[C@@H]1CN(C(=O)CCCn1nnc(-c3ccc(F)cc3)n1)C2. The van der Waals surface area contributed by atoms with Gasteiger partial charge in [-0.25, -0.2) is 4.39 Å². The van der Waals surface area contributed by atoms with Gasteiger partial charge >= 0.3 is 0 Å². The Morgan fingerprint density at radius 1 is 1.21 bits per heavy atom. The molecule has 1 amide bonds. The lowest BCUT2D eigenvalue weighted by molar-refractivity contribution is -0.133. The molecule has 2 fully saturated rings. The number of hydrogen-bond acceptors (Lipinski definition) is 6. The molecule has 9 heteroatoms. The van der Waals surface area contributed by atoms with Crippen LogP contribution in [0.4, 0.5) is 4.39 Å². The molecule has 0 N–H and O–H groups in total. The van der Waals surface area contributed by atoms with Crippen molar-refractivity contribution < 1.29 is 13.9 Å². The van der Waals surface area contributed by atoms with Gasteiger partial charge in [-0.3, -0.25) is 9.69 Å². The Morgan fingerprint density at radius 3 is 2.86 bits per heavy atom. The summed E-state index contributed by atoms with van der Waals surface area (Å²) in [6.45, 7) is 4.39. The van der Waals surface area contributed by atoms with Crippen LogP contribution in [0.5, 0.6) is 0 Å². The van der Waals surface area contributed by atoms with E-state index in [1.807, 2.05) is 4.90 Å². The highest BCUT2D eigenvalue weighted by Crippen LogP contribution is 2.19. The van der Waals surface area contributed by atoms with Gasteiger partial charge in [0.2, 0.25) is 11.7 Å². The predicted octanol–water partition coefficient (Wildman–Crippen LogP) is 1.05. The zero-order chi connectivity index (χ0) is 19.5. The van der Waals surface area contributed by atoms with Gasteiger partial charge in [-0.05, 0) is 42.9 Å². The fourth-order valence-electron chi connectivity index (χ4n) is 3.84. The van der Waals surface area contributed by atoms with Crippen LogP contribution in [0.3, 0.4) is 0 Å². The number of tetrazole rings is 1. The molecule has 0 aliphatic carbocycles. The van der Waals surface area contributed by atoms with Crippen LogP contribution < -0.4 is 0 Å². The average Bonchev–Trinajstić information content (AvgIpc) is 2.98. The number of hydrogen-bond donors (Lipinski definition) is 0. The third-order valence-corrected chi connectivity index (χ3v) is 5.40. The first-order valence-corrected chi connectivity index (χ1v) is 9.68. The lowest BCUT2D eigenvalue weighted by atomic mass is 10.1. The van der Waals surface area contributed by atoms with Gasteiger partial charge in [0.25, 0.3) is 0 Å². The first kappa shape index (κ1) is 18.9. The molecule has 1 aromatic carbocycles. The van der Waals surface area contributed by atoms with E-state index in [4.69, 9.17) is 4.74 Å². The second-order valence-electron chi connectivity index (χ2n) is 7.61. The van der Waals surface area contributed by atoms with Crippen LogP contribution >= 0.6 is 0 Å². The number of fused-ring (bicyclic) bond motifs is 3. The molecule has 0 radical (unpaired) electrons. The molecule has 2 aliphatic rings. The number of aromatic nitrogens is 4. The number of benzene rings is 1. The van der Waals surface area contributed by atoms with E-state index in [9.17, 15) is 9.18 Å². The smallest absolute Gasteiger partial charge is 0.222 e. The first-order valence-electron chi connectivity index (χ1n) is 9.68. The van der Waals surface area contributed by atoms with Crippen LogP contribution in [-0.4, -0.2) is 81.9 Å².